The van der Waals surface area contributed by atoms with Crippen LogP contribution < -0.4 is 4.74 Å². The molecular formula is C22H27N3O. The van der Waals surface area contributed by atoms with Crippen molar-refractivity contribution in [1.82, 2.24) is 14.9 Å². The van der Waals surface area contributed by atoms with Crippen LogP contribution in [-0.2, 0) is 0 Å². The van der Waals surface area contributed by atoms with Crippen LogP contribution in [0.1, 0.15) is 25.3 Å². The van der Waals surface area contributed by atoms with Crippen LogP contribution in [0.15, 0.2) is 42.7 Å². The van der Waals surface area contributed by atoms with Gasteiger partial charge in [-0.15, -0.1) is 0 Å². The Morgan fingerprint density at radius 1 is 1.15 bits per heavy atom. The number of aryl methyl sites for hydroxylation is 1. The van der Waals surface area contributed by atoms with Crippen molar-refractivity contribution in [3.8, 4) is 16.9 Å². The normalized spacial score (nSPS) is 17.5. The minimum Gasteiger partial charge on any atom is -0.492 e. The summed E-state index contributed by atoms with van der Waals surface area (Å²) in [6.07, 6.45) is 6.22. The van der Waals surface area contributed by atoms with Crippen molar-refractivity contribution in [2.24, 2.45) is 5.41 Å². The van der Waals surface area contributed by atoms with Crippen molar-refractivity contribution in [2.45, 2.75) is 26.7 Å². The molecule has 0 amide bonds. The van der Waals surface area contributed by atoms with Crippen LogP contribution >= 0.6 is 0 Å². The van der Waals surface area contributed by atoms with Crippen molar-refractivity contribution in [3.05, 3.63) is 48.3 Å². The summed E-state index contributed by atoms with van der Waals surface area (Å²) < 4.78 is 6.38. The summed E-state index contributed by atoms with van der Waals surface area (Å²) in [6, 6.07) is 10.5. The summed E-state index contributed by atoms with van der Waals surface area (Å²) >= 11 is 0. The number of aromatic amines is 1. The second-order valence-corrected chi connectivity index (χ2v) is 7.95. The third-order valence-electron chi connectivity index (χ3n) is 5.74. The minimum atomic E-state index is 0.237. The Bertz CT molecular complexity index is 907. The number of hydrogen-bond donors (Lipinski definition) is 1. The van der Waals surface area contributed by atoms with Crippen LogP contribution in [0.5, 0.6) is 5.75 Å². The molecule has 136 valence electrons. The monoisotopic (exact) mass is 349 g/mol. The first-order valence-electron chi connectivity index (χ1n) is 9.39. The SMILES string of the molecule is Cc1ccccc1-c1c[nH]c2nccc(OCC3(C)CCN(C)CC3)c12. The number of ether oxygens (including phenoxy) is 1. The van der Waals surface area contributed by atoms with Crippen LogP contribution in [0.4, 0.5) is 0 Å². The molecule has 26 heavy (non-hydrogen) atoms. The summed E-state index contributed by atoms with van der Waals surface area (Å²) in [5, 5.41) is 1.08. The van der Waals surface area contributed by atoms with E-state index in [4.69, 9.17) is 4.74 Å². The molecule has 3 aromatic rings. The summed E-state index contributed by atoms with van der Waals surface area (Å²) in [7, 11) is 2.20. The fourth-order valence-corrected chi connectivity index (χ4v) is 3.79. The van der Waals surface area contributed by atoms with Crippen LogP contribution in [0, 0.1) is 12.3 Å². The highest BCUT2D eigenvalue weighted by Gasteiger charge is 2.30. The van der Waals surface area contributed by atoms with Gasteiger partial charge in [0.1, 0.15) is 11.4 Å². The molecule has 3 heterocycles. The van der Waals surface area contributed by atoms with Gasteiger partial charge in [0.15, 0.2) is 0 Å². The Labute approximate surface area is 155 Å². The molecule has 0 atom stereocenters. The average Bonchev–Trinajstić information content (AvgIpc) is 3.08. The topological polar surface area (TPSA) is 41.1 Å². The van der Waals surface area contributed by atoms with Crippen LogP contribution in [0.3, 0.4) is 0 Å². The van der Waals surface area contributed by atoms with Gasteiger partial charge in [0.2, 0.25) is 0 Å². The molecule has 0 saturated carbocycles. The summed E-state index contributed by atoms with van der Waals surface area (Å²) in [4.78, 5) is 10.2. The molecule has 0 unspecified atom stereocenters. The van der Waals surface area contributed by atoms with Crippen LogP contribution in [-0.4, -0.2) is 41.6 Å². The number of fused-ring (bicyclic) bond motifs is 1. The number of H-pyrrole nitrogens is 1. The lowest BCUT2D eigenvalue weighted by Gasteiger charge is -2.37. The van der Waals surface area contributed by atoms with Gasteiger partial charge in [-0.2, -0.15) is 0 Å². The van der Waals surface area contributed by atoms with Gasteiger partial charge in [0, 0.05) is 23.4 Å². The summed E-state index contributed by atoms with van der Waals surface area (Å²) in [6.45, 7) is 7.52. The first kappa shape index (κ1) is 17.1. The fourth-order valence-electron chi connectivity index (χ4n) is 3.79. The van der Waals surface area contributed by atoms with E-state index in [9.17, 15) is 0 Å². The lowest BCUT2D eigenvalue weighted by atomic mass is 9.81. The minimum absolute atomic E-state index is 0.237. The zero-order valence-electron chi connectivity index (χ0n) is 15.9. The molecule has 4 nitrogen and oxygen atoms in total. The molecule has 1 saturated heterocycles. The predicted molar refractivity (Wildman–Crippen MR) is 107 cm³/mol. The van der Waals surface area contributed by atoms with Gasteiger partial charge in [-0.3, -0.25) is 0 Å². The van der Waals surface area contributed by atoms with E-state index in [2.05, 4.69) is 60.0 Å². The number of hydrogen-bond acceptors (Lipinski definition) is 3. The van der Waals surface area contributed by atoms with E-state index >= 15 is 0 Å². The molecule has 4 rings (SSSR count). The number of piperidine rings is 1. The van der Waals surface area contributed by atoms with Gasteiger partial charge in [-0.05, 0) is 57.1 Å². The summed E-state index contributed by atoms with van der Waals surface area (Å²) in [5.74, 6) is 0.926. The molecule has 1 aliphatic rings. The van der Waals surface area contributed by atoms with Crippen LogP contribution in [0.25, 0.3) is 22.2 Å². The van der Waals surface area contributed by atoms with Gasteiger partial charge in [0.25, 0.3) is 0 Å². The molecular weight excluding hydrogens is 322 g/mol. The second-order valence-electron chi connectivity index (χ2n) is 7.95. The predicted octanol–water partition coefficient (Wildman–Crippen LogP) is 4.65. The molecule has 0 spiro atoms. The van der Waals surface area contributed by atoms with Crippen molar-refractivity contribution in [3.63, 3.8) is 0 Å². The number of aromatic nitrogens is 2. The first-order chi connectivity index (χ1) is 12.6. The number of nitrogens with zero attached hydrogens (tertiary/aromatic N) is 2. The smallest absolute Gasteiger partial charge is 0.141 e. The maximum Gasteiger partial charge on any atom is 0.141 e. The highest BCUT2D eigenvalue weighted by atomic mass is 16.5. The molecule has 4 heteroatoms. The van der Waals surface area contributed by atoms with Gasteiger partial charge in [0.05, 0.1) is 12.0 Å². The molecule has 1 fully saturated rings. The Morgan fingerprint density at radius 3 is 2.69 bits per heavy atom. The number of rotatable bonds is 4. The fraction of sp³-hybridized carbons (Fsp3) is 0.409. The van der Waals surface area contributed by atoms with Crippen molar-refractivity contribution in [2.75, 3.05) is 26.7 Å². The molecule has 0 bridgehead atoms. The lowest BCUT2D eigenvalue weighted by Crippen LogP contribution is -2.39. The molecule has 1 N–H and O–H groups in total. The van der Waals surface area contributed by atoms with E-state index < -0.39 is 0 Å². The number of pyridine rings is 1. The molecule has 0 aliphatic carbocycles. The lowest BCUT2D eigenvalue weighted by molar-refractivity contribution is 0.0811. The standard InChI is InChI=1S/C22H27N3O/c1-16-6-4-5-7-17(16)18-14-24-21-20(18)19(8-11-23-21)26-15-22(2)9-12-25(3)13-10-22/h4-8,11,14H,9-10,12-13,15H2,1-3H3,(H,23,24). The van der Waals surface area contributed by atoms with Gasteiger partial charge < -0.3 is 14.6 Å². The zero-order chi connectivity index (χ0) is 18.1. The van der Waals surface area contributed by atoms with E-state index in [1.165, 1.54) is 24.0 Å². The van der Waals surface area contributed by atoms with Gasteiger partial charge in [-0.25, -0.2) is 4.98 Å². The Balaban J connectivity index is 1.66. The Morgan fingerprint density at radius 2 is 1.92 bits per heavy atom. The molecule has 1 aliphatic heterocycles. The highest BCUT2D eigenvalue weighted by Crippen LogP contribution is 2.37. The average molecular weight is 349 g/mol. The Hall–Kier alpha value is -2.33. The van der Waals surface area contributed by atoms with Gasteiger partial charge >= 0.3 is 0 Å². The largest absolute Gasteiger partial charge is 0.492 e. The van der Waals surface area contributed by atoms with Gasteiger partial charge in [-0.1, -0.05) is 31.2 Å². The number of benzene rings is 1. The van der Waals surface area contributed by atoms with Crippen molar-refractivity contribution >= 4 is 11.0 Å². The van der Waals surface area contributed by atoms with Crippen molar-refractivity contribution < 1.29 is 4.74 Å². The van der Waals surface area contributed by atoms with E-state index in [1.54, 1.807) is 0 Å². The highest BCUT2D eigenvalue weighted by molar-refractivity contribution is 5.98. The van der Waals surface area contributed by atoms with E-state index in [1.807, 2.05) is 18.5 Å². The zero-order valence-corrected chi connectivity index (χ0v) is 15.9. The van der Waals surface area contributed by atoms with E-state index in [0.29, 0.717) is 0 Å². The number of nitrogens with one attached hydrogen (secondary N) is 1. The first-order valence-corrected chi connectivity index (χ1v) is 9.39. The van der Waals surface area contributed by atoms with E-state index in [0.717, 1.165) is 42.0 Å². The van der Waals surface area contributed by atoms with E-state index in [-0.39, 0.29) is 5.41 Å². The van der Waals surface area contributed by atoms with Crippen molar-refractivity contribution in [1.29, 1.82) is 0 Å². The maximum absolute atomic E-state index is 6.38. The summed E-state index contributed by atoms with van der Waals surface area (Å²) in [5.41, 5.74) is 4.76. The molecule has 2 aromatic heterocycles. The second kappa shape index (κ2) is 6.76. The third-order valence-corrected chi connectivity index (χ3v) is 5.74. The Kier molecular flexibility index (Phi) is 4.45. The third kappa shape index (κ3) is 3.21. The number of likely N-dealkylation sites (tertiary alicyclic amines) is 1. The van der Waals surface area contributed by atoms with Crippen LogP contribution in [0.2, 0.25) is 0 Å². The molecule has 1 aromatic carbocycles. The molecule has 0 radical (unpaired) electrons. The quantitative estimate of drug-likeness (QED) is 0.745. The maximum atomic E-state index is 6.38.